The maximum Gasteiger partial charge on any atom is 0.250 e. The Kier molecular flexibility index (Phi) is 3.45. The molecule has 18 heavy (non-hydrogen) atoms. The summed E-state index contributed by atoms with van der Waals surface area (Å²) in [7, 11) is 0. The van der Waals surface area contributed by atoms with Gasteiger partial charge >= 0.3 is 0 Å². The number of primary amides is 1. The molecule has 0 radical (unpaired) electrons. The lowest BCUT2D eigenvalue weighted by atomic mass is 9.91. The fourth-order valence-corrected chi connectivity index (χ4v) is 2.89. The van der Waals surface area contributed by atoms with E-state index in [1.165, 1.54) is 6.42 Å². The number of hydrogen-bond donors (Lipinski definition) is 2. The molecule has 1 aromatic rings. The van der Waals surface area contributed by atoms with Crippen molar-refractivity contribution in [3.63, 3.8) is 0 Å². The average Bonchev–Trinajstić information content (AvgIpc) is 2.27. The molecule has 4 nitrogen and oxygen atoms in total. The summed E-state index contributed by atoms with van der Waals surface area (Å²) in [5, 5.41) is 0. The summed E-state index contributed by atoms with van der Waals surface area (Å²) in [6.07, 6.45) is 1.23. The maximum absolute atomic E-state index is 11.5. The van der Waals surface area contributed by atoms with E-state index >= 15 is 0 Å². The largest absolute Gasteiger partial charge is 0.399 e. The highest BCUT2D eigenvalue weighted by Crippen LogP contribution is 2.29. The number of benzene rings is 1. The Morgan fingerprint density at radius 2 is 1.89 bits per heavy atom. The zero-order valence-corrected chi connectivity index (χ0v) is 11.0. The monoisotopic (exact) mass is 247 g/mol. The molecule has 0 saturated carbocycles. The third kappa shape index (κ3) is 2.58. The van der Waals surface area contributed by atoms with Crippen LogP contribution in [0.15, 0.2) is 18.2 Å². The van der Waals surface area contributed by atoms with Crippen molar-refractivity contribution in [2.24, 2.45) is 17.6 Å². The minimum Gasteiger partial charge on any atom is -0.399 e. The minimum absolute atomic E-state index is 0.414. The first-order chi connectivity index (χ1) is 8.47. The van der Waals surface area contributed by atoms with Crippen LogP contribution >= 0.6 is 0 Å². The van der Waals surface area contributed by atoms with Gasteiger partial charge in [0.05, 0.1) is 5.56 Å². The SMILES string of the molecule is C[C@H]1C[C@H](C)CN(c2ccc(N)cc2C(N)=O)C1. The number of nitrogens with zero attached hydrogens (tertiary/aromatic N) is 1. The lowest BCUT2D eigenvalue weighted by Crippen LogP contribution is -2.39. The Morgan fingerprint density at radius 3 is 2.44 bits per heavy atom. The first-order valence-corrected chi connectivity index (χ1v) is 6.41. The molecule has 1 aliphatic heterocycles. The van der Waals surface area contributed by atoms with Gasteiger partial charge < -0.3 is 16.4 Å². The molecule has 4 N–H and O–H groups in total. The van der Waals surface area contributed by atoms with Gasteiger partial charge in [0.1, 0.15) is 0 Å². The molecule has 4 heteroatoms. The van der Waals surface area contributed by atoms with E-state index in [4.69, 9.17) is 11.5 Å². The number of carbonyl (C=O) groups excluding carboxylic acids is 1. The van der Waals surface area contributed by atoms with E-state index in [-0.39, 0.29) is 0 Å². The molecular formula is C14H21N3O. The number of anilines is 2. The number of nitrogens with two attached hydrogens (primary N) is 2. The van der Waals surface area contributed by atoms with E-state index in [1.807, 2.05) is 12.1 Å². The van der Waals surface area contributed by atoms with Gasteiger partial charge in [0.2, 0.25) is 0 Å². The molecule has 0 spiro atoms. The van der Waals surface area contributed by atoms with Crippen LogP contribution in [-0.4, -0.2) is 19.0 Å². The van der Waals surface area contributed by atoms with E-state index in [2.05, 4.69) is 18.7 Å². The van der Waals surface area contributed by atoms with Gasteiger partial charge in [-0.3, -0.25) is 4.79 Å². The van der Waals surface area contributed by atoms with Crippen LogP contribution in [0.4, 0.5) is 11.4 Å². The van der Waals surface area contributed by atoms with Crippen LogP contribution in [0.5, 0.6) is 0 Å². The van der Waals surface area contributed by atoms with Crippen LogP contribution in [-0.2, 0) is 0 Å². The highest BCUT2D eigenvalue weighted by molar-refractivity contribution is 5.99. The van der Waals surface area contributed by atoms with E-state index < -0.39 is 5.91 Å². The van der Waals surface area contributed by atoms with Crippen molar-refractivity contribution >= 4 is 17.3 Å². The molecule has 1 heterocycles. The quantitative estimate of drug-likeness (QED) is 0.783. The van der Waals surface area contributed by atoms with Crippen molar-refractivity contribution in [1.82, 2.24) is 0 Å². The zero-order chi connectivity index (χ0) is 13.3. The second kappa shape index (κ2) is 4.88. The van der Waals surface area contributed by atoms with Crippen LogP contribution in [0, 0.1) is 11.8 Å². The third-order valence-electron chi connectivity index (χ3n) is 3.50. The fourth-order valence-electron chi connectivity index (χ4n) is 2.89. The number of rotatable bonds is 2. The normalized spacial score (nSPS) is 24.0. The van der Waals surface area contributed by atoms with Crippen molar-refractivity contribution in [3.8, 4) is 0 Å². The molecule has 1 aromatic carbocycles. The van der Waals surface area contributed by atoms with E-state index in [1.54, 1.807) is 6.07 Å². The van der Waals surface area contributed by atoms with E-state index in [0.29, 0.717) is 23.1 Å². The van der Waals surface area contributed by atoms with Gasteiger partial charge in [0, 0.05) is 24.5 Å². The van der Waals surface area contributed by atoms with Crippen molar-refractivity contribution in [2.45, 2.75) is 20.3 Å². The molecule has 2 atom stereocenters. The van der Waals surface area contributed by atoms with Crippen LogP contribution in [0.25, 0.3) is 0 Å². The summed E-state index contributed by atoms with van der Waals surface area (Å²) >= 11 is 0. The van der Waals surface area contributed by atoms with E-state index in [0.717, 1.165) is 18.8 Å². The van der Waals surface area contributed by atoms with Crippen molar-refractivity contribution in [2.75, 3.05) is 23.7 Å². The molecular weight excluding hydrogens is 226 g/mol. The molecule has 98 valence electrons. The predicted molar refractivity (Wildman–Crippen MR) is 74.5 cm³/mol. The zero-order valence-electron chi connectivity index (χ0n) is 11.0. The highest BCUT2D eigenvalue weighted by Gasteiger charge is 2.24. The number of nitrogen functional groups attached to an aromatic ring is 1. The number of hydrogen-bond acceptors (Lipinski definition) is 3. The van der Waals surface area contributed by atoms with Gasteiger partial charge in [0.25, 0.3) is 5.91 Å². The van der Waals surface area contributed by atoms with Gasteiger partial charge in [-0.25, -0.2) is 0 Å². The van der Waals surface area contributed by atoms with Crippen molar-refractivity contribution in [3.05, 3.63) is 23.8 Å². The molecule has 0 unspecified atom stereocenters. The number of carbonyl (C=O) groups is 1. The summed E-state index contributed by atoms with van der Waals surface area (Å²) in [5.41, 5.74) is 13.2. The Balaban J connectivity index is 2.35. The molecule has 0 aliphatic carbocycles. The topological polar surface area (TPSA) is 72.3 Å². The highest BCUT2D eigenvalue weighted by atomic mass is 16.1. The van der Waals surface area contributed by atoms with E-state index in [9.17, 15) is 4.79 Å². The smallest absolute Gasteiger partial charge is 0.250 e. The Labute approximate surface area is 108 Å². The lowest BCUT2D eigenvalue weighted by molar-refractivity contribution is 0.100. The summed E-state index contributed by atoms with van der Waals surface area (Å²) in [6, 6.07) is 5.40. The number of piperidine rings is 1. The standard InChI is InChI=1S/C14H21N3O/c1-9-5-10(2)8-17(7-9)13-4-3-11(15)6-12(13)14(16)18/h3-4,6,9-10H,5,7-8,15H2,1-2H3,(H2,16,18)/t9-,10-/m0/s1. The number of amides is 1. The molecule has 1 amide bonds. The van der Waals surface area contributed by atoms with Crippen LogP contribution < -0.4 is 16.4 Å². The summed E-state index contributed by atoms with van der Waals surface area (Å²) in [6.45, 7) is 6.41. The first-order valence-electron chi connectivity index (χ1n) is 6.41. The van der Waals surface area contributed by atoms with Crippen LogP contribution in [0.3, 0.4) is 0 Å². The molecule has 0 aromatic heterocycles. The molecule has 1 fully saturated rings. The van der Waals surface area contributed by atoms with Crippen LogP contribution in [0.1, 0.15) is 30.6 Å². The lowest BCUT2D eigenvalue weighted by Gasteiger charge is -2.37. The summed E-state index contributed by atoms with van der Waals surface area (Å²) in [5.74, 6) is 0.849. The van der Waals surface area contributed by atoms with Gasteiger partial charge in [-0.2, -0.15) is 0 Å². The molecule has 0 bridgehead atoms. The van der Waals surface area contributed by atoms with Crippen molar-refractivity contribution < 1.29 is 4.79 Å². The minimum atomic E-state index is -0.414. The average molecular weight is 247 g/mol. The second-order valence-corrected chi connectivity index (χ2v) is 5.49. The third-order valence-corrected chi connectivity index (χ3v) is 3.50. The molecule has 1 saturated heterocycles. The summed E-state index contributed by atoms with van der Waals surface area (Å²) < 4.78 is 0. The molecule has 2 rings (SSSR count). The van der Waals surface area contributed by atoms with Gasteiger partial charge in [-0.15, -0.1) is 0 Å². The molecule has 1 aliphatic rings. The Bertz CT molecular complexity index is 448. The van der Waals surface area contributed by atoms with Crippen LogP contribution in [0.2, 0.25) is 0 Å². The second-order valence-electron chi connectivity index (χ2n) is 5.49. The Hall–Kier alpha value is -1.71. The van der Waals surface area contributed by atoms with Gasteiger partial charge in [-0.1, -0.05) is 13.8 Å². The Morgan fingerprint density at radius 1 is 1.28 bits per heavy atom. The van der Waals surface area contributed by atoms with Crippen molar-refractivity contribution in [1.29, 1.82) is 0 Å². The maximum atomic E-state index is 11.5. The summed E-state index contributed by atoms with van der Waals surface area (Å²) in [4.78, 5) is 13.8. The predicted octanol–water partition coefficient (Wildman–Crippen LogP) is 1.85. The first kappa shape index (κ1) is 12.7. The van der Waals surface area contributed by atoms with Gasteiger partial charge in [-0.05, 0) is 36.5 Å². The fraction of sp³-hybridized carbons (Fsp3) is 0.500. The van der Waals surface area contributed by atoms with Gasteiger partial charge in [0.15, 0.2) is 0 Å².